The van der Waals surface area contributed by atoms with E-state index >= 15 is 0 Å². The normalized spacial score (nSPS) is 11.1. The molecule has 0 aliphatic rings. The highest BCUT2D eigenvalue weighted by Gasteiger charge is 2.12. The highest BCUT2D eigenvalue weighted by Crippen LogP contribution is 2.32. The van der Waals surface area contributed by atoms with Crippen LogP contribution in [0.15, 0.2) is 29.8 Å². The molecule has 2 N–H and O–H groups in total. The summed E-state index contributed by atoms with van der Waals surface area (Å²) in [5, 5.41) is 1.89. The summed E-state index contributed by atoms with van der Waals surface area (Å²) in [6, 6.07) is 6.20. The van der Waals surface area contributed by atoms with Crippen LogP contribution in [0.3, 0.4) is 0 Å². The van der Waals surface area contributed by atoms with Crippen molar-refractivity contribution in [3.8, 4) is 17.0 Å². The Morgan fingerprint density at radius 2 is 2.26 bits per heavy atom. The van der Waals surface area contributed by atoms with Crippen LogP contribution < -0.4 is 10.5 Å². The number of imidazole rings is 1. The van der Waals surface area contributed by atoms with E-state index in [0.717, 1.165) is 28.4 Å². The minimum Gasteiger partial charge on any atom is -0.496 e. The van der Waals surface area contributed by atoms with E-state index in [1.54, 1.807) is 7.11 Å². The number of aryl methyl sites for hydroxylation is 1. The number of fused-ring (bicyclic) bond motifs is 1. The number of hydrogen-bond donors (Lipinski definition) is 1. The summed E-state index contributed by atoms with van der Waals surface area (Å²) in [6.45, 7) is 2.13. The van der Waals surface area contributed by atoms with E-state index in [-0.39, 0.29) is 0 Å². The van der Waals surface area contributed by atoms with Gasteiger partial charge in [0.25, 0.3) is 0 Å². The quantitative estimate of drug-likeness (QED) is 0.797. The van der Waals surface area contributed by atoms with Gasteiger partial charge in [0.05, 0.1) is 12.8 Å². The fourth-order valence-corrected chi connectivity index (χ4v) is 2.87. The zero-order valence-electron chi connectivity index (χ0n) is 10.9. The first-order valence-corrected chi connectivity index (χ1v) is 7.00. The summed E-state index contributed by atoms with van der Waals surface area (Å²) < 4.78 is 7.33. The highest BCUT2D eigenvalue weighted by molar-refractivity contribution is 7.15. The van der Waals surface area contributed by atoms with E-state index in [0.29, 0.717) is 5.82 Å². The molecule has 0 saturated carbocycles. The molecule has 0 amide bonds. The maximum absolute atomic E-state index is 5.90. The van der Waals surface area contributed by atoms with Gasteiger partial charge in [0.2, 0.25) is 0 Å². The fraction of sp³-hybridized carbons (Fsp3) is 0.214. The maximum atomic E-state index is 5.90. The largest absolute Gasteiger partial charge is 0.496 e. The van der Waals surface area contributed by atoms with Gasteiger partial charge in [0, 0.05) is 17.1 Å². The van der Waals surface area contributed by atoms with Crippen molar-refractivity contribution in [2.24, 2.45) is 0 Å². The number of rotatable bonds is 3. The number of hydrogen-bond acceptors (Lipinski definition) is 4. The lowest BCUT2D eigenvalue weighted by Gasteiger charge is -2.07. The van der Waals surface area contributed by atoms with E-state index < -0.39 is 0 Å². The highest BCUT2D eigenvalue weighted by atomic mass is 32.1. The van der Waals surface area contributed by atoms with Gasteiger partial charge in [-0.05, 0) is 24.1 Å². The van der Waals surface area contributed by atoms with E-state index in [4.69, 9.17) is 10.5 Å². The number of anilines is 1. The zero-order valence-corrected chi connectivity index (χ0v) is 11.7. The Balaban J connectivity index is 2.18. The lowest BCUT2D eigenvalue weighted by atomic mass is 10.1. The lowest BCUT2D eigenvalue weighted by Crippen LogP contribution is -1.91. The number of nitrogens with two attached hydrogens (primary N) is 1. The molecule has 0 saturated heterocycles. The molecule has 0 unspecified atom stereocenters. The summed E-state index contributed by atoms with van der Waals surface area (Å²) in [4.78, 5) is 5.51. The van der Waals surface area contributed by atoms with Crippen LogP contribution in [-0.2, 0) is 6.42 Å². The van der Waals surface area contributed by atoms with Crippen LogP contribution in [0.5, 0.6) is 5.75 Å². The molecule has 0 spiro atoms. The number of nitrogens with zero attached hydrogens (tertiary/aromatic N) is 2. The van der Waals surface area contributed by atoms with Crippen molar-refractivity contribution in [1.29, 1.82) is 0 Å². The summed E-state index contributed by atoms with van der Waals surface area (Å²) in [7, 11) is 1.68. The average molecular weight is 273 g/mol. The molecule has 2 heterocycles. The molecule has 0 aliphatic heterocycles. The summed E-state index contributed by atoms with van der Waals surface area (Å²) in [5.74, 6) is 1.55. The Bertz CT molecular complexity index is 729. The predicted octanol–water partition coefficient (Wildman–Crippen LogP) is 3.22. The Morgan fingerprint density at radius 3 is 2.95 bits per heavy atom. The van der Waals surface area contributed by atoms with Gasteiger partial charge in [-0.15, -0.1) is 11.3 Å². The van der Waals surface area contributed by atoms with Crippen LogP contribution in [-0.4, -0.2) is 16.5 Å². The number of thiazole rings is 1. The molecule has 0 atom stereocenters. The van der Waals surface area contributed by atoms with Crippen molar-refractivity contribution in [3.63, 3.8) is 0 Å². The van der Waals surface area contributed by atoms with Crippen molar-refractivity contribution in [3.05, 3.63) is 35.3 Å². The number of aromatic nitrogens is 2. The Morgan fingerprint density at radius 1 is 1.42 bits per heavy atom. The molecule has 3 rings (SSSR count). The maximum Gasteiger partial charge on any atom is 0.195 e. The van der Waals surface area contributed by atoms with Crippen LogP contribution in [0, 0.1) is 0 Å². The van der Waals surface area contributed by atoms with Gasteiger partial charge in [0.15, 0.2) is 4.96 Å². The predicted molar refractivity (Wildman–Crippen MR) is 78.8 cm³/mol. The van der Waals surface area contributed by atoms with Crippen molar-refractivity contribution >= 4 is 22.1 Å². The van der Waals surface area contributed by atoms with Crippen molar-refractivity contribution in [1.82, 2.24) is 9.38 Å². The van der Waals surface area contributed by atoms with E-state index in [1.807, 2.05) is 22.0 Å². The lowest BCUT2D eigenvalue weighted by molar-refractivity contribution is 0.416. The third-order valence-electron chi connectivity index (χ3n) is 3.18. The number of ether oxygens (including phenoxy) is 1. The number of benzene rings is 1. The van der Waals surface area contributed by atoms with Crippen LogP contribution in [0.25, 0.3) is 16.2 Å². The van der Waals surface area contributed by atoms with Gasteiger partial charge in [0.1, 0.15) is 11.6 Å². The molecular weight excluding hydrogens is 258 g/mol. The first-order valence-electron chi connectivity index (χ1n) is 6.12. The summed E-state index contributed by atoms with van der Waals surface area (Å²) >= 11 is 1.54. The Labute approximate surface area is 115 Å². The first-order chi connectivity index (χ1) is 9.22. The molecule has 19 heavy (non-hydrogen) atoms. The summed E-state index contributed by atoms with van der Waals surface area (Å²) in [6.07, 6.45) is 2.94. The second kappa shape index (κ2) is 4.59. The second-order valence-electron chi connectivity index (χ2n) is 4.33. The number of nitrogen functional groups attached to an aromatic ring is 1. The Kier molecular flexibility index (Phi) is 2.91. The Hall–Kier alpha value is -2.01. The smallest absolute Gasteiger partial charge is 0.195 e. The van der Waals surface area contributed by atoms with Gasteiger partial charge in [-0.1, -0.05) is 13.0 Å². The van der Waals surface area contributed by atoms with Gasteiger partial charge in [-0.3, -0.25) is 4.40 Å². The van der Waals surface area contributed by atoms with E-state index in [9.17, 15) is 0 Å². The van der Waals surface area contributed by atoms with Gasteiger partial charge >= 0.3 is 0 Å². The molecular formula is C14H15N3OS. The number of methoxy groups -OCH3 is 1. The molecule has 5 heteroatoms. The fourth-order valence-electron chi connectivity index (χ4n) is 2.11. The van der Waals surface area contributed by atoms with Crippen LogP contribution in [0.4, 0.5) is 5.82 Å². The van der Waals surface area contributed by atoms with Gasteiger partial charge in [-0.25, -0.2) is 4.98 Å². The molecule has 98 valence electrons. The molecule has 0 aliphatic carbocycles. The first kappa shape index (κ1) is 12.0. The van der Waals surface area contributed by atoms with E-state index in [2.05, 4.69) is 24.0 Å². The zero-order chi connectivity index (χ0) is 13.4. The van der Waals surface area contributed by atoms with E-state index in [1.165, 1.54) is 16.9 Å². The van der Waals surface area contributed by atoms with Crippen molar-refractivity contribution in [2.45, 2.75) is 13.3 Å². The summed E-state index contributed by atoms with van der Waals surface area (Å²) in [5.41, 5.74) is 9.07. The van der Waals surface area contributed by atoms with Crippen LogP contribution in [0.2, 0.25) is 0 Å². The monoisotopic (exact) mass is 273 g/mol. The molecule has 0 bridgehead atoms. The van der Waals surface area contributed by atoms with Crippen LogP contribution >= 0.6 is 11.3 Å². The second-order valence-corrected chi connectivity index (χ2v) is 5.16. The third kappa shape index (κ3) is 1.96. The molecule has 3 aromatic rings. The van der Waals surface area contributed by atoms with Crippen LogP contribution in [0.1, 0.15) is 12.5 Å². The minimum atomic E-state index is 0.712. The van der Waals surface area contributed by atoms with Gasteiger partial charge < -0.3 is 10.5 Å². The molecule has 0 radical (unpaired) electrons. The van der Waals surface area contributed by atoms with Gasteiger partial charge in [-0.2, -0.15) is 0 Å². The molecule has 2 aromatic heterocycles. The topological polar surface area (TPSA) is 52.5 Å². The minimum absolute atomic E-state index is 0.712. The molecule has 4 nitrogen and oxygen atoms in total. The van der Waals surface area contributed by atoms with Crippen molar-refractivity contribution in [2.75, 3.05) is 12.8 Å². The third-order valence-corrected chi connectivity index (χ3v) is 4.04. The standard InChI is InChI=1S/C14H15N3OS/c1-3-9-4-5-12(18-2)10(6-9)11-7-17-13(15)8-19-14(17)16-11/h4-8H,3,15H2,1-2H3. The average Bonchev–Trinajstić information content (AvgIpc) is 3.00. The molecule has 1 aromatic carbocycles. The van der Waals surface area contributed by atoms with Crippen molar-refractivity contribution < 1.29 is 4.74 Å². The SMILES string of the molecule is CCc1ccc(OC)c(-c2cn3c(N)csc3n2)c1. The molecule has 0 fully saturated rings.